The molecule has 1 aliphatic heterocycles. The lowest BCUT2D eigenvalue weighted by Gasteiger charge is -2.19. The summed E-state index contributed by atoms with van der Waals surface area (Å²) in [5.74, 6) is 0. The molecule has 1 aliphatic rings. The smallest absolute Gasteiger partial charge is 0.184 e. The Hall–Kier alpha value is -0.163. The molecule has 0 saturated carbocycles. The third-order valence-electron chi connectivity index (χ3n) is 2.68. The second-order valence-corrected chi connectivity index (χ2v) is 11.1. The van der Waals surface area contributed by atoms with Gasteiger partial charge in [0, 0.05) is 10.0 Å². The predicted molar refractivity (Wildman–Crippen MR) is 71.8 cm³/mol. The van der Waals surface area contributed by atoms with Crippen molar-refractivity contribution in [2.45, 2.75) is 25.9 Å². The van der Waals surface area contributed by atoms with Gasteiger partial charge in [-0.2, -0.15) is 0 Å². The number of halogens is 1. The molecule has 1 heterocycles. The molecular formula is C12H17BrO2Si. The van der Waals surface area contributed by atoms with Crippen LogP contribution in [0, 0.1) is 0 Å². The van der Waals surface area contributed by atoms with Crippen LogP contribution in [0.1, 0.15) is 11.9 Å². The molecule has 1 saturated heterocycles. The Bertz CT molecular complexity index is 381. The van der Waals surface area contributed by atoms with Gasteiger partial charge in [0.25, 0.3) is 0 Å². The van der Waals surface area contributed by atoms with Crippen LogP contribution in [0.2, 0.25) is 19.6 Å². The van der Waals surface area contributed by atoms with Crippen molar-refractivity contribution in [3.8, 4) is 0 Å². The van der Waals surface area contributed by atoms with E-state index in [1.54, 1.807) is 0 Å². The van der Waals surface area contributed by atoms with Crippen molar-refractivity contribution >= 4 is 29.2 Å². The minimum atomic E-state index is -1.29. The van der Waals surface area contributed by atoms with Gasteiger partial charge in [-0.3, -0.25) is 0 Å². The van der Waals surface area contributed by atoms with Crippen molar-refractivity contribution in [2.75, 3.05) is 13.2 Å². The van der Waals surface area contributed by atoms with Crippen molar-refractivity contribution < 1.29 is 9.47 Å². The zero-order valence-electron chi connectivity index (χ0n) is 9.92. The van der Waals surface area contributed by atoms with E-state index in [4.69, 9.17) is 9.47 Å². The van der Waals surface area contributed by atoms with E-state index < -0.39 is 8.07 Å². The molecule has 2 nitrogen and oxygen atoms in total. The van der Waals surface area contributed by atoms with Gasteiger partial charge in [0.15, 0.2) is 6.29 Å². The highest BCUT2D eigenvalue weighted by Gasteiger charge is 2.22. The molecule has 88 valence electrons. The minimum absolute atomic E-state index is 0.174. The van der Waals surface area contributed by atoms with Gasteiger partial charge in [-0.25, -0.2) is 0 Å². The van der Waals surface area contributed by atoms with Gasteiger partial charge in [-0.1, -0.05) is 46.8 Å². The highest BCUT2D eigenvalue weighted by Crippen LogP contribution is 2.25. The van der Waals surface area contributed by atoms with E-state index in [1.807, 2.05) is 0 Å². The molecule has 0 atom stereocenters. The van der Waals surface area contributed by atoms with Crippen LogP contribution in [0.4, 0.5) is 0 Å². The fourth-order valence-electron chi connectivity index (χ4n) is 1.73. The summed E-state index contributed by atoms with van der Waals surface area (Å²) in [4.78, 5) is 0. The maximum Gasteiger partial charge on any atom is 0.184 e. The number of rotatable bonds is 2. The van der Waals surface area contributed by atoms with Gasteiger partial charge < -0.3 is 9.47 Å². The van der Waals surface area contributed by atoms with Gasteiger partial charge in [-0.15, -0.1) is 0 Å². The Morgan fingerprint density at radius 2 is 1.75 bits per heavy atom. The van der Waals surface area contributed by atoms with Crippen LogP contribution in [-0.2, 0) is 9.47 Å². The number of ether oxygens (including phenoxy) is 2. The first-order valence-corrected chi connectivity index (χ1v) is 9.80. The van der Waals surface area contributed by atoms with Crippen molar-refractivity contribution in [3.05, 3.63) is 28.2 Å². The van der Waals surface area contributed by atoms with Crippen molar-refractivity contribution in [1.29, 1.82) is 0 Å². The molecule has 1 fully saturated rings. The second kappa shape index (κ2) is 4.60. The third-order valence-corrected chi connectivity index (χ3v) is 5.16. The largest absolute Gasteiger partial charge is 0.346 e. The molecular weight excluding hydrogens is 284 g/mol. The van der Waals surface area contributed by atoms with Gasteiger partial charge in [0.2, 0.25) is 0 Å². The molecule has 0 amide bonds. The summed E-state index contributed by atoms with van der Waals surface area (Å²) in [6, 6.07) is 6.53. The Morgan fingerprint density at radius 1 is 1.12 bits per heavy atom. The average molecular weight is 301 g/mol. The van der Waals surface area contributed by atoms with E-state index in [0.717, 1.165) is 10.0 Å². The second-order valence-electron chi connectivity index (χ2n) is 5.10. The third kappa shape index (κ3) is 2.74. The summed E-state index contributed by atoms with van der Waals surface area (Å²) in [6.45, 7) is 8.41. The standard InChI is InChI=1S/C12H17BrO2Si/c1-16(2,3)11-7-9(6-10(13)8-11)12-14-4-5-15-12/h6-8,12H,4-5H2,1-3H3. The summed E-state index contributed by atoms with van der Waals surface area (Å²) in [5.41, 5.74) is 1.13. The van der Waals surface area contributed by atoms with Gasteiger partial charge in [0.05, 0.1) is 21.3 Å². The van der Waals surface area contributed by atoms with Crippen LogP contribution in [0.5, 0.6) is 0 Å². The van der Waals surface area contributed by atoms with E-state index in [9.17, 15) is 0 Å². The fourth-order valence-corrected chi connectivity index (χ4v) is 3.64. The Balaban J connectivity index is 2.35. The van der Waals surface area contributed by atoms with Crippen molar-refractivity contribution in [1.82, 2.24) is 0 Å². The zero-order valence-corrected chi connectivity index (χ0v) is 12.5. The van der Waals surface area contributed by atoms with Crippen molar-refractivity contribution in [2.24, 2.45) is 0 Å². The van der Waals surface area contributed by atoms with Crippen LogP contribution in [-0.4, -0.2) is 21.3 Å². The van der Waals surface area contributed by atoms with E-state index in [0.29, 0.717) is 13.2 Å². The summed E-state index contributed by atoms with van der Waals surface area (Å²) < 4.78 is 12.2. The normalized spacial score (nSPS) is 18.0. The maximum atomic E-state index is 5.53. The lowest BCUT2D eigenvalue weighted by Crippen LogP contribution is -2.37. The fraction of sp³-hybridized carbons (Fsp3) is 0.500. The first kappa shape index (κ1) is 12.3. The Morgan fingerprint density at radius 3 is 2.31 bits per heavy atom. The van der Waals surface area contributed by atoms with Gasteiger partial charge in [0.1, 0.15) is 0 Å². The SMILES string of the molecule is C[Si](C)(C)c1cc(Br)cc(C2OCCO2)c1. The summed E-state index contributed by atoms with van der Waals surface area (Å²) in [7, 11) is -1.29. The van der Waals surface area contributed by atoms with Crippen LogP contribution < -0.4 is 5.19 Å². The first-order valence-electron chi connectivity index (χ1n) is 5.51. The number of hydrogen-bond acceptors (Lipinski definition) is 2. The molecule has 4 heteroatoms. The van der Waals surface area contributed by atoms with Crippen LogP contribution in [0.15, 0.2) is 22.7 Å². The maximum absolute atomic E-state index is 5.53. The Labute approximate surface area is 106 Å². The molecule has 0 aliphatic carbocycles. The first-order chi connectivity index (χ1) is 7.47. The van der Waals surface area contributed by atoms with Crippen LogP contribution in [0.25, 0.3) is 0 Å². The molecule has 2 rings (SSSR count). The quantitative estimate of drug-likeness (QED) is 0.782. The van der Waals surface area contributed by atoms with E-state index in [-0.39, 0.29) is 6.29 Å². The highest BCUT2D eigenvalue weighted by molar-refractivity contribution is 9.10. The number of benzene rings is 1. The molecule has 0 N–H and O–H groups in total. The van der Waals surface area contributed by atoms with E-state index in [2.05, 4.69) is 53.8 Å². The predicted octanol–water partition coefficient (Wildman–Crippen LogP) is 3.04. The topological polar surface area (TPSA) is 18.5 Å². The summed E-state index contributed by atoms with van der Waals surface area (Å²) >= 11 is 3.56. The minimum Gasteiger partial charge on any atom is -0.346 e. The monoisotopic (exact) mass is 300 g/mol. The zero-order chi connectivity index (χ0) is 11.8. The summed E-state index contributed by atoms with van der Waals surface area (Å²) in [5, 5.41) is 1.43. The van der Waals surface area contributed by atoms with Gasteiger partial charge >= 0.3 is 0 Å². The van der Waals surface area contributed by atoms with Gasteiger partial charge in [-0.05, 0) is 12.1 Å². The number of hydrogen-bond donors (Lipinski definition) is 0. The Kier molecular flexibility index (Phi) is 3.54. The molecule has 1 aromatic carbocycles. The van der Waals surface area contributed by atoms with E-state index >= 15 is 0 Å². The highest BCUT2D eigenvalue weighted by atomic mass is 79.9. The van der Waals surface area contributed by atoms with Crippen LogP contribution in [0.3, 0.4) is 0 Å². The molecule has 0 aromatic heterocycles. The molecule has 16 heavy (non-hydrogen) atoms. The van der Waals surface area contributed by atoms with Crippen LogP contribution >= 0.6 is 15.9 Å². The van der Waals surface area contributed by atoms with Crippen molar-refractivity contribution in [3.63, 3.8) is 0 Å². The molecule has 1 aromatic rings. The molecule has 0 spiro atoms. The average Bonchev–Trinajstić information content (AvgIpc) is 2.68. The molecule has 0 bridgehead atoms. The summed E-state index contributed by atoms with van der Waals surface area (Å²) in [6.07, 6.45) is -0.174. The molecule has 0 radical (unpaired) electrons. The lowest BCUT2D eigenvalue weighted by molar-refractivity contribution is -0.0441. The lowest BCUT2D eigenvalue weighted by atomic mass is 10.2. The molecule has 0 unspecified atom stereocenters. The van der Waals surface area contributed by atoms with E-state index in [1.165, 1.54) is 5.19 Å².